The molecule has 0 aliphatic rings. The minimum absolute atomic E-state index is 0.0280. The molecular formula is C25H31NO5. The highest BCUT2D eigenvalue weighted by atomic mass is 16.5. The van der Waals surface area contributed by atoms with Gasteiger partial charge in [-0.15, -0.1) is 0 Å². The van der Waals surface area contributed by atoms with Crippen LogP contribution in [0.1, 0.15) is 51.1 Å². The van der Waals surface area contributed by atoms with Crippen LogP contribution in [0.2, 0.25) is 0 Å². The molecule has 2 atom stereocenters. The maximum absolute atomic E-state index is 12.9. The summed E-state index contributed by atoms with van der Waals surface area (Å²) in [4.78, 5) is 35.5. The standard InChI is InChI=1S/C25H31NO5/c1-3-31-23(28)11-7-10-22(27)24(26-17-16-18(2)25(29)30)21-14-12-20(13-15-21)19-8-5-4-6-9-19/h4-6,8-9,12-15,18,24,26H,3,7,10-11,16-17H2,1-2H3,(H,29,30)/t18-,24?/m1/s1. The molecule has 0 spiro atoms. The van der Waals surface area contributed by atoms with Gasteiger partial charge in [0.15, 0.2) is 5.78 Å². The van der Waals surface area contributed by atoms with E-state index in [1.54, 1.807) is 13.8 Å². The third kappa shape index (κ3) is 7.98. The second-order valence-electron chi connectivity index (χ2n) is 7.53. The van der Waals surface area contributed by atoms with Gasteiger partial charge in [0.1, 0.15) is 0 Å². The molecule has 0 fully saturated rings. The van der Waals surface area contributed by atoms with Gasteiger partial charge in [-0.25, -0.2) is 0 Å². The zero-order valence-electron chi connectivity index (χ0n) is 18.2. The van der Waals surface area contributed by atoms with Gasteiger partial charge in [0.25, 0.3) is 0 Å². The van der Waals surface area contributed by atoms with E-state index < -0.39 is 17.9 Å². The molecule has 0 bridgehead atoms. The highest BCUT2D eigenvalue weighted by Crippen LogP contribution is 2.23. The van der Waals surface area contributed by atoms with Gasteiger partial charge < -0.3 is 15.2 Å². The van der Waals surface area contributed by atoms with Crippen molar-refractivity contribution in [2.24, 2.45) is 5.92 Å². The Labute approximate surface area is 183 Å². The lowest BCUT2D eigenvalue weighted by Gasteiger charge is -2.19. The minimum Gasteiger partial charge on any atom is -0.481 e. The Morgan fingerprint density at radius 2 is 1.61 bits per heavy atom. The zero-order valence-corrected chi connectivity index (χ0v) is 18.2. The summed E-state index contributed by atoms with van der Waals surface area (Å²) in [5.74, 6) is -1.68. The number of carbonyl (C=O) groups excluding carboxylic acids is 2. The van der Waals surface area contributed by atoms with Crippen molar-refractivity contribution < 1.29 is 24.2 Å². The fraction of sp³-hybridized carbons (Fsp3) is 0.400. The van der Waals surface area contributed by atoms with Crippen LogP contribution in [0, 0.1) is 5.92 Å². The second kappa shape index (κ2) is 12.6. The Bertz CT molecular complexity index is 848. The quantitative estimate of drug-likeness (QED) is 0.462. The van der Waals surface area contributed by atoms with Crippen molar-refractivity contribution in [2.75, 3.05) is 13.2 Å². The van der Waals surface area contributed by atoms with Crippen LogP contribution < -0.4 is 5.32 Å². The summed E-state index contributed by atoms with van der Waals surface area (Å²) >= 11 is 0. The predicted molar refractivity (Wildman–Crippen MR) is 120 cm³/mol. The van der Waals surface area contributed by atoms with Crippen molar-refractivity contribution in [3.05, 3.63) is 60.2 Å². The van der Waals surface area contributed by atoms with E-state index in [2.05, 4.69) is 5.32 Å². The van der Waals surface area contributed by atoms with Gasteiger partial charge in [-0.1, -0.05) is 61.5 Å². The maximum Gasteiger partial charge on any atom is 0.306 e. The molecule has 0 radical (unpaired) electrons. The SMILES string of the molecule is CCOC(=O)CCCC(=O)C(NCC[C@@H](C)C(=O)O)c1ccc(-c2ccccc2)cc1. The molecule has 0 amide bonds. The molecule has 2 aromatic rings. The van der Waals surface area contributed by atoms with E-state index in [-0.39, 0.29) is 24.6 Å². The van der Waals surface area contributed by atoms with Crippen LogP contribution in [-0.2, 0) is 19.1 Å². The molecule has 2 N–H and O–H groups in total. The number of esters is 1. The number of benzene rings is 2. The van der Waals surface area contributed by atoms with Gasteiger partial charge >= 0.3 is 11.9 Å². The fourth-order valence-corrected chi connectivity index (χ4v) is 3.27. The Balaban J connectivity index is 2.07. The highest BCUT2D eigenvalue weighted by molar-refractivity contribution is 5.86. The Kier molecular flexibility index (Phi) is 9.91. The topological polar surface area (TPSA) is 92.7 Å². The van der Waals surface area contributed by atoms with E-state index in [1.807, 2.05) is 54.6 Å². The van der Waals surface area contributed by atoms with Crippen molar-refractivity contribution in [1.29, 1.82) is 0 Å². The second-order valence-corrected chi connectivity index (χ2v) is 7.53. The summed E-state index contributed by atoms with van der Waals surface area (Å²) < 4.78 is 4.92. The molecule has 0 heterocycles. The van der Waals surface area contributed by atoms with E-state index >= 15 is 0 Å². The third-order valence-corrected chi connectivity index (χ3v) is 5.13. The number of aliphatic carboxylic acids is 1. The van der Waals surface area contributed by atoms with Crippen LogP contribution in [0.4, 0.5) is 0 Å². The predicted octanol–water partition coefficient (Wildman–Crippen LogP) is 4.40. The van der Waals surface area contributed by atoms with Crippen molar-refractivity contribution in [2.45, 2.75) is 45.6 Å². The molecule has 2 rings (SSSR count). The van der Waals surface area contributed by atoms with Crippen molar-refractivity contribution in [3.63, 3.8) is 0 Å². The number of nitrogens with one attached hydrogen (secondary N) is 1. The average molecular weight is 426 g/mol. The van der Waals surface area contributed by atoms with Crippen LogP contribution in [0.25, 0.3) is 11.1 Å². The number of rotatable bonds is 13. The minimum atomic E-state index is -0.855. The number of carboxylic acid groups (broad SMARTS) is 1. The van der Waals surface area contributed by atoms with Crippen LogP contribution in [0.15, 0.2) is 54.6 Å². The highest BCUT2D eigenvalue weighted by Gasteiger charge is 2.21. The Morgan fingerprint density at radius 1 is 0.968 bits per heavy atom. The summed E-state index contributed by atoms with van der Waals surface area (Å²) in [6, 6.07) is 17.2. The number of carboxylic acids is 1. The summed E-state index contributed by atoms with van der Waals surface area (Å²) in [5, 5.41) is 12.3. The molecule has 6 heteroatoms. The molecule has 0 saturated carbocycles. The van der Waals surface area contributed by atoms with Crippen LogP contribution in [-0.4, -0.2) is 36.0 Å². The summed E-state index contributed by atoms with van der Waals surface area (Å²) in [5.41, 5.74) is 2.97. The average Bonchev–Trinajstić information content (AvgIpc) is 2.77. The van der Waals surface area contributed by atoms with Crippen molar-refractivity contribution in [3.8, 4) is 11.1 Å². The largest absolute Gasteiger partial charge is 0.481 e. The maximum atomic E-state index is 12.9. The van der Waals surface area contributed by atoms with Gasteiger partial charge in [-0.2, -0.15) is 0 Å². The third-order valence-electron chi connectivity index (χ3n) is 5.13. The van der Waals surface area contributed by atoms with Crippen LogP contribution in [0.3, 0.4) is 0 Å². The van der Waals surface area contributed by atoms with Crippen molar-refractivity contribution in [1.82, 2.24) is 5.32 Å². The zero-order chi connectivity index (χ0) is 22.6. The van der Waals surface area contributed by atoms with Gasteiger partial charge in [0, 0.05) is 12.8 Å². The van der Waals surface area contributed by atoms with Gasteiger partial charge in [0.2, 0.25) is 0 Å². The number of carbonyl (C=O) groups is 3. The summed E-state index contributed by atoms with van der Waals surface area (Å²) in [7, 11) is 0. The summed E-state index contributed by atoms with van der Waals surface area (Å²) in [6.45, 7) is 4.13. The summed E-state index contributed by atoms with van der Waals surface area (Å²) in [6.07, 6.45) is 1.29. The van der Waals surface area contributed by atoms with Crippen LogP contribution >= 0.6 is 0 Å². The molecule has 166 valence electrons. The smallest absolute Gasteiger partial charge is 0.306 e. The van der Waals surface area contributed by atoms with E-state index in [9.17, 15) is 14.4 Å². The molecule has 1 unspecified atom stereocenters. The first-order valence-corrected chi connectivity index (χ1v) is 10.7. The molecule has 0 aromatic heterocycles. The lowest BCUT2D eigenvalue weighted by atomic mass is 9.96. The van der Waals surface area contributed by atoms with Gasteiger partial charge in [0.05, 0.1) is 18.6 Å². The number of hydrogen-bond donors (Lipinski definition) is 2. The monoisotopic (exact) mass is 425 g/mol. The fourth-order valence-electron chi connectivity index (χ4n) is 3.27. The van der Waals surface area contributed by atoms with Crippen LogP contribution in [0.5, 0.6) is 0 Å². The molecule has 0 saturated heterocycles. The lowest BCUT2D eigenvalue weighted by molar-refractivity contribution is -0.143. The number of hydrogen-bond acceptors (Lipinski definition) is 5. The molecule has 6 nitrogen and oxygen atoms in total. The first-order chi connectivity index (χ1) is 14.9. The first-order valence-electron chi connectivity index (χ1n) is 10.7. The number of ether oxygens (including phenoxy) is 1. The molecule has 0 aliphatic heterocycles. The van der Waals surface area contributed by atoms with Gasteiger partial charge in [-0.3, -0.25) is 14.4 Å². The molecule has 31 heavy (non-hydrogen) atoms. The molecule has 2 aromatic carbocycles. The lowest BCUT2D eigenvalue weighted by Crippen LogP contribution is -2.31. The van der Waals surface area contributed by atoms with Crippen molar-refractivity contribution >= 4 is 17.7 Å². The first kappa shape index (κ1) is 24.3. The van der Waals surface area contributed by atoms with Gasteiger partial charge in [-0.05, 0) is 43.0 Å². The van der Waals surface area contributed by atoms with E-state index in [1.165, 1.54) is 0 Å². The van der Waals surface area contributed by atoms with E-state index in [4.69, 9.17) is 9.84 Å². The van der Waals surface area contributed by atoms with E-state index in [0.717, 1.165) is 16.7 Å². The normalized spacial score (nSPS) is 12.7. The molecular weight excluding hydrogens is 394 g/mol. The Hall–Kier alpha value is -2.99. The van der Waals surface area contributed by atoms with E-state index in [0.29, 0.717) is 26.0 Å². The Morgan fingerprint density at radius 3 is 2.23 bits per heavy atom. The molecule has 0 aliphatic carbocycles. The number of Topliss-reactive ketones (excluding diaryl/α,β-unsaturated/α-hetero) is 1. The number of ketones is 1.